The largest absolute Gasteiger partial charge is 0.336 e. The van der Waals surface area contributed by atoms with E-state index in [2.05, 4.69) is 26.5 Å². The molecule has 1 heterocycles. The third kappa shape index (κ3) is 3.01. The highest BCUT2D eigenvalue weighted by atomic mass is 32.2. The van der Waals surface area contributed by atoms with Crippen molar-refractivity contribution >= 4 is 30.3 Å². The smallest absolute Gasteiger partial charge is 0.256 e. The molecule has 0 N–H and O–H groups in total. The summed E-state index contributed by atoms with van der Waals surface area (Å²) in [4.78, 5) is 14.6. The van der Waals surface area contributed by atoms with Crippen LogP contribution in [0.25, 0.3) is 0 Å². The van der Waals surface area contributed by atoms with Gasteiger partial charge in [-0.1, -0.05) is 13.8 Å². The van der Waals surface area contributed by atoms with Crippen molar-refractivity contribution in [2.75, 3.05) is 13.1 Å². The number of benzene rings is 1. The molecule has 98 valence electrons. The van der Waals surface area contributed by atoms with Crippen LogP contribution in [0.3, 0.4) is 0 Å². The Labute approximate surface area is 116 Å². The van der Waals surface area contributed by atoms with E-state index >= 15 is 0 Å². The van der Waals surface area contributed by atoms with Crippen LogP contribution in [0.2, 0.25) is 0 Å². The molecule has 0 bridgehead atoms. The maximum atomic E-state index is 13.7. The summed E-state index contributed by atoms with van der Waals surface area (Å²) < 4.78 is 13.7. The summed E-state index contributed by atoms with van der Waals surface area (Å²) in [5.74, 6) is -0.710. The first-order chi connectivity index (χ1) is 8.47. The molecule has 18 heavy (non-hydrogen) atoms. The van der Waals surface area contributed by atoms with Gasteiger partial charge in [0.2, 0.25) is 0 Å². The number of thioether (sulfide) groups is 1. The molecule has 1 aromatic rings. The zero-order valence-corrected chi connectivity index (χ0v) is 12.1. The molecule has 0 aromatic heterocycles. The van der Waals surface area contributed by atoms with Gasteiger partial charge in [0.25, 0.3) is 5.91 Å². The van der Waals surface area contributed by atoms with E-state index in [0.717, 1.165) is 0 Å². The maximum Gasteiger partial charge on any atom is 0.256 e. The van der Waals surface area contributed by atoms with E-state index in [1.54, 1.807) is 11.0 Å². The van der Waals surface area contributed by atoms with Crippen LogP contribution in [0.5, 0.6) is 0 Å². The van der Waals surface area contributed by atoms with Crippen LogP contribution < -0.4 is 0 Å². The van der Waals surface area contributed by atoms with Crippen molar-refractivity contribution in [3.8, 4) is 0 Å². The molecule has 0 spiro atoms. The van der Waals surface area contributed by atoms with E-state index in [-0.39, 0.29) is 11.5 Å². The van der Waals surface area contributed by atoms with E-state index in [1.807, 2.05) is 11.8 Å². The second kappa shape index (κ2) is 5.53. The minimum absolute atomic E-state index is 0.119. The van der Waals surface area contributed by atoms with E-state index in [0.29, 0.717) is 28.5 Å². The molecule has 0 aliphatic carbocycles. The lowest BCUT2D eigenvalue weighted by Crippen LogP contribution is -2.44. The molecule has 1 saturated heterocycles. The number of nitrogens with zero attached hydrogens (tertiary/aromatic N) is 1. The lowest BCUT2D eigenvalue weighted by Gasteiger charge is -2.34. The van der Waals surface area contributed by atoms with Crippen LogP contribution in [-0.2, 0) is 0 Å². The Balaban J connectivity index is 2.22. The maximum absolute atomic E-state index is 13.7. The minimum atomic E-state index is -0.476. The van der Waals surface area contributed by atoms with Gasteiger partial charge in [0.15, 0.2) is 0 Å². The molecule has 1 aliphatic heterocycles. The first-order valence-corrected chi connectivity index (χ1v) is 7.29. The molecule has 2 nitrogen and oxygen atoms in total. The van der Waals surface area contributed by atoms with E-state index in [4.69, 9.17) is 0 Å². The van der Waals surface area contributed by atoms with Crippen LogP contribution in [0.4, 0.5) is 4.39 Å². The van der Waals surface area contributed by atoms with Gasteiger partial charge < -0.3 is 4.90 Å². The number of carbonyl (C=O) groups excluding carboxylic acids is 1. The molecule has 1 aliphatic rings. The van der Waals surface area contributed by atoms with E-state index in [1.165, 1.54) is 12.1 Å². The van der Waals surface area contributed by atoms with Gasteiger partial charge in [-0.2, -0.15) is 11.8 Å². The standard InChI is InChI=1S/C13H16FNOS2/c1-8-6-15(7-9(2)18-8)13(16)11-5-10(17)3-4-12(11)14/h3-5,8-9,17H,6-7H2,1-2H3. The molecule has 2 atom stereocenters. The predicted molar refractivity (Wildman–Crippen MR) is 76.1 cm³/mol. The second-order valence-electron chi connectivity index (χ2n) is 4.63. The topological polar surface area (TPSA) is 20.3 Å². The van der Waals surface area contributed by atoms with Gasteiger partial charge in [-0.15, -0.1) is 12.6 Å². The zero-order valence-electron chi connectivity index (χ0n) is 10.4. The first-order valence-electron chi connectivity index (χ1n) is 5.90. The molecule has 0 radical (unpaired) electrons. The van der Waals surface area contributed by atoms with Gasteiger partial charge in [0.1, 0.15) is 5.82 Å². The van der Waals surface area contributed by atoms with Crippen LogP contribution in [-0.4, -0.2) is 34.4 Å². The molecule has 1 amide bonds. The molecular formula is C13H16FNOS2. The van der Waals surface area contributed by atoms with Gasteiger partial charge in [-0.25, -0.2) is 4.39 Å². The number of hydrogen-bond acceptors (Lipinski definition) is 3. The molecule has 1 fully saturated rings. The number of hydrogen-bond donors (Lipinski definition) is 1. The number of rotatable bonds is 1. The summed E-state index contributed by atoms with van der Waals surface area (Å²) in [7, 11) is 0. The SMILES string of the molecule is CC1CN(C(=O)c2cc(S)ccc2F)CC(C)S1. The van der Waals surface area contributed by atoms with Gasteiger partial charge >= 0.3 is 0 Å². The predicted octanol–water partition coefficient (Wildman–Crippen LogP) is 3.08. The Morgan fingerprint density at radius 3 is 2.61 bits per heavy atom. The van der Waals surface area contributed by atoms with E-state index in [9.17, 15) is 9.18 Å². The quantitative estimate of drug-likeness (QED) is 0.800. The van der Waals surface area contributed by atoms with Crippen molar-refractivity contribution in [2.24, 2.45) is 0 Å². The summed E-state index contributed by atoms with van der Waals surface area (Å²) in [5, 5.41) is 0.778. The molecule has 2 rings (SSSR count). The molecule has 5 heteroatoms. The fourth-order valence-corrected chi connectivity index (χ4v) is 3.72. The number of carbonyl (C=O) groups is 1. The Kier molecular flexibility index (Phi) is 4.22. The van der Waals surface area contributed by atoms with Gasteiger partial charge in [0.05, 0.1) is 5.56 Å². The molecule has 2 unspecified atom stereocenters. The lowest BCUT2D eigenvalue weighted by molar-refractivity contribution is 0.0748. The van der Waals surface area contributed by atoms with Crippen molar-refractivity contribution in [1.82, 2.24) is 4.90 Å². The monoisotopic (exact) mass is 285 g/mol. The van der Waals surface area contributed by atoms with Crippen molar-refractivity contribution in [1.29, 1.82) is 0 Å². The Bertz CT molecular complexity index is 456. The van der Waals surface area contributed by atoms with Crippen molar-refractivity contribution in [3.05, 3.63) is 29.6 Å². The third-order valence-corrected chi connectivity index (χ3v) is 4.39. The number of amides is 1. The summed E-state index contributed by atoms with van der Waals surface area (Å²) in [5.41, 5.74) is 0.119. The Hall–Kier alpha value is -0.680. The zero-order chi connectivity index (χ0) is 13.3. The van der Waals surface area contributed by atoms with Crippen LogP contribution in [0, 0.1) is 5.82 Å². The van der Waals surface area contributed by atoms with Gasteiger partial charge in [-0.3, -0.25) is 4.79 Å². The fraction of sp³-hybridized carbons (Fsp3) is 0.462. The Morgan fingerprint density at radius 2 is 2.00 bits per heavy atom. The van der Waals surface area contributed by atoms with Crippen LogP contribution in [0.1, 0.15) is 24.2 Å². The van der Waals surface area contributed by atoms with Gasteiger partial charge in [0, 0.05) is 28.5 Å². The lowest BCUT2D eigenvalue weighted by atomic mass is 10.1. The number of thiol groups is 1. The minimum Gasteiger partial charge on any atom is -0.336 e. The van der Waals surface area contributed by atoms with Gasteiger partial charge in [-0.05, 0) is 18.2 Å². The average molecular weight is 285 g/mol. The normalized spacial score (nSPS) is 24.1. The van der Waals surface area contributed by atoms with Crippen molar-refractivity contribution < 1.29 is 9.18 Å². The van der Waals surface area contributed by atoms with Crippen LogP contribution in [0.15, 0.2) is 23.1 Å². The van der Waals surface area contributed by atoms with E-state index < -0.39 is 5.82 Å². The van der Waals surface area contributed by atoms with Crippen molar-refractivity contribution in [2.45, 2.75) is 29.2 Å². The van der Waals surface area contributed by atoms with Crippen LogP contribution >= 0.6 is 24.4 Å². The summed E-state index contributed by atoms with van der Waals surface area (Å²) in [6.07, 6.45) is 0. The second-order valence-corrected chi connectivity index (χ2v) is 7.03. The van der Waals surface area contributed by atoms with Crippen molar-refractivity contribution in [3.63, 3.8) is 0 Å². The number of halogens is 1. The molecule has 0 saturated carbocycles. The summed E-state index contributed by atoms with van der Waals surface area (Å²) in [6, 6.07) is 4.34. The third-order valence-electron chi connectivity index (χ3n) is 2.89. The molecular weight excluding hydrogens is 269 g/mol. The highest BCUT2D eigenvalue weighted by molar-refractivity contribution is 8.00. The highest BCUT2D eigenvalue weighted by Crippen LogP contribution is 2.26. The molecule has 1 aromatic carbocycles. The highest BCUT2D eigenvalue weighted by Gasteiger charge is 2.27. The summed E-state index contributed by atoms with van der Waals surface area (Å²) in [6.45, 7) is 5.52. The fourth-order valence-electron chi connectivity index (χ4n) is 2.19. The first kappa shape index (κ1) is 13.7. The average Bonchev–Trinajstić information content (AvgIpc) is 2.30. The summed E-state index contributed by atoms with van der Waals surface area (Å²) >= 11 is 6.02. The Morgan fingerprint density at radius 1 is 1.39 bits per heavy atom.